The van der Waals surface area contributed by atoms with Crippen LogP contribution < -0.4 is 0 Å². The van der Waals surface area contributed by atoms with Crippen molar-refractivity contribution in [2.75, 3.05) is 0 Å². The van der Waals surface area contributed by atoms with Crippen molar-refractivity contribution in [3.63, 3.8) is 0 Å². The molecule has 118 valence electrons. The Balaban J connectivity index is 0.000000562. The van der Waals surface area contributed by atoms with E-state index in [1.807, 2.05) is 54.6 Å². The summed E-state index contributed by atoms with van der Waals surface area (Å²) in [4.78, 5) is 0. The van der Waals surface area contributed by atoms with Crippen LogP contribution in [0.15, 0.2) is 54.6 Å². The Morgan fingerprint density at radius 3 is 2.00 bits per heavy atom. The average molecular weight is 328 g/mol. The molecule has 0 amide bonds. The zero-order valence-electron chi connectivity index (χ0n) is 13.0. The first-order valence-electron chi connectivity index (χ1n) is 7.91. The zero-order valence-corrected chi connectivity index (χ0v) is 14.1. The molecular formula is C19H28FeO. The second-order valence-corrected chi connectivity index (χ2v) is 5.25. The van der Waals surface area contributed by atoms with Crippen molar-refractivity contribution in [2.45, 2.75) is 58.0 Å². The zero-order chi connectivity index (χ0) is 14.5. The topological polar surface area (TPSA) is 20.2 Å². The number of unbranched alkanes of at least 4 members (excludes halogenated alkanes) is 5. The van der Waals surface area contributed by atoms with Crippen LogP contribution in [0.3, 0.4) is 0 Å². The summed E-state index contributed by atoms with van der Waals surface area (Å²) in [5, 5.41) is 9.81. The first kappa shape index (κ1) is 20.2. The molecule has 1 unspecified atom stereocenters. The maximum Gasteiger partial charge on any atom is 2.00 e. The van der Waals surface area contributed by atoms with Gasteiger partial charge >= 0.3 is 17.1 Å². The molecule has 2 rings (SSSR count). The van der Waals surface area contributed by atoms with E-state index in [-0.39, 0.29) is 23.2 Å². The molecule has 2 aromatic carbocycles. The minimum Gasteiger partial charge on any atom is -0.401 e. The van der Waals surface area contributed by atoms with Gasteiger partial charge in [0.05, 0.1) is 0 Å². The van der Waals surface area contributed by atoms with Gasteiger partial charge in [-0.1, -0.05) is 45.4 Å². The fraction of sp³-hybridized carbons (Fsp3) is 0.474. The van der Waals surface area contributed by atoms with Crippen molar-refractivity contribution in [3.8, 4) is 0 Å². The first-order chi connectivity index (χ1) is 9.84. The third-order valence-corrected chi connectivity index (χ3v) is 3.46. The molecule has 0 saturated carbocycles. The monoisotopic (exact) mass is 328 g/mol. The summed E-state index contributed by atoms with van der Waals surface area (Å²) in [5.74, 6) is 0. The van der Waals surface area contributed by atoms with Crippen LogP contribution in [-0.4, -0.2) is 5.11 Å². The second kappa shape index (κ2) is 14.1. The number of hydrogen-bond donors (Lipinski definition) is 1. The Labute approximate surface area is 140 Å². The average Bonchev–Trinajstić information content (AvgIpc) is 3.18. The van der Waals surface area contributed by atoms with Gasteiger partial charge in [-0.3, -0.25) is 0 Å². The normalized spacial score (nSPS) is 11.1. The van der Waals surface area contributed by atoms with Crippen LogP contribution in [0.1, 0.15) is 63.5 Å². The van der Waals surface area contributed by atoms with Gasteiger partial charge in [0.1, 0.15) is 0 Å². The van der Waals surface area contributed by atoms with Crippen LogP contribution in [0.25, 0.3) is 0 Å². The van der Waals surface area contributed by atoms with Crippen LogP contribution >= 0.6 is 0 Å². The van der Waals surface area contributed by atoms with Gasteiger partial charge in [-0.2, -0.15) is 30.3 Å². The molecule has 0 radical (unpaired) electrons. The predicted octanol–water partition coefficient (Wildman–Crippen LogP) is 5.59. The molecule has 21 heavy (non-hydrogen) atoms. The van der Waals surface area contributed by atoms with Crippen LogP contribution in [0, 0.1) is 0 Å². The molecule has 0 aliphatic carbocycles. The fourth-order valence-electron chi connectivity index (χ4n) is 2.22. The van der Waals surface area contributed by atoms with Crippen LogP contribution in [-0.2, 0) is 17.1 Å². The van der Waals surface area contributed by atoms with E-state index in [1.54, 1.807) is 0 Å². The summed E-state index contributed by atoms with van der Waals surface area (Å²) < 4.78 is 0. The second-order valence-electron chi connectivity index (χ2n) is 5.25. The van der Waals surface area contributed by atoms with Gasteiger partial charge < -0.3 is 5.11 Å². The molecule has 0 fully saturated rings. The van der Waals surface area contributed by atoms with Crippen molar-refractivity contribution in [1.82, 2.24) is 0 Å². The first-order valence-corrected chi connectivity index (χ1v) is 7.91. The van der Waals surface area contributed by atoms with E-state index in [0.717, 1.165) is 18.4 Å². The fourth-order valence-corrected chi connectivity index (χ4v) is 2.22. The molecule has 2 aromatic rings. The minimum atomic E-state index is -0.244. The van der Waals surface area contributed by atoms with Gasteiger partial charge in [-0.15, -0.1) is 5.56 Å². The quantitative estimate of drug-likeness (QED) is 0.380. The van der Waals surface area contributed by atoms with E-state index < -0.39 is 0 Å². The van der Waals surface area contributed by atoms with Crippen LogP contribution in [0.2, 0.25) is 0 Å². The van der Waals surface area contributed by atoms with E-state index in [2.05, 4.69) is 6.92 Å². The van der Waals surface area contributed by atoms with Crippen molar-refractivity contribution >= 4 is 0 Å². The molecule has 0 saturated heterocycles. The number of rotatable bonds is 8. The van der Waals surface area contributed by atoms with Crippen molar-refractivity contribution < 1.29 is 22.2 Å². The van der Waals surface area contributed by atoms with Crippen molar-refractivity contribution in [2.24, 2.45) is 0 Å². The molecule has 0 heterocycles. The van der Waals surface area contributed by atoms with Crippen molar-refractivity contribution in [3.05, 3.63) is 60.2 Å². The summed E-state index contributed by atoms with van der Waals surface area (Å²) in [6.07, 6.45) is 8.40. The molecule has 1 nitrogen and oxygen atoms in total. The third-order valence-electron chi connectivity index (χ3n) is 3.46. The predicted molar refractivity (Wildman–Crippen MR) is 87.0 cm³/mol. The molecule has 0 spiro atoms. The summed E-state index contributed by atoms with van der Waals surface area (Å²) in [7, 11) is 0. The SMILES string of the molecule is CCCCCCCCC(O)[c-]1cccc1.[Fe+2].c1cc[cH-]c1. The van der Waals surface area contributed by atoms with E-state index in [4.69, 9.17) is 0 Å². The maximum atomic E-state index is 9.81. The Morgan fingerprint density at radius 2 is 1.48 bits per heavy atom. The Hall–Kier alpha value is -0.821. The van der Waals surface area contributed by atoms with Gasteiger partial charge in [-0.25, -0.2) is 24.3 Å². The van der Waals surface area contributed by atoms with E-state index in [0.29, 0.717) is 0 Å². The molecule has 0 aromatic heterocycles. The standard InChI is InChI=1S/C14H23O.C5H5.Fe/c1-2-3-4-5-6-7-12-14(15)13-10-8-9-11-13;1-2-4-5-3-1;/h8-11,14-15H,2-7,12H2,1H3;1-5H;/q2*-1;+2. The number of aliphatic hydroxyl groups is 1. The Bertz CT molecular complexity index is 360. The summed E-state index contributed by atoms with van der Waals surface area (Å²) >= 11 is 0. The van der Waals surface area contributed by atoms with Gasteiger partial charge in [0, 0.05) is 6.10 Å². The molecule has 1 N–H and O–H groups in total. The van der Waals surface area contributed by atoms with Crippen molar-refractivity contribution in [1.29, 1.82) is 0 Å². The van der Waals surface area contributed by atoms with Gasteiger partial charge in [0.15, 0.2) is 0 Å². The largest absolute Gasteiger partial charge is 2.00 e. The maximum absolute atomic E-state index is 9.81. The van der Waals surface area contributed by atoms with Crippen LogP contribution in [0.5, 0.6) is 0 Å². The molecule has 2 heteroatoms. The van der Waals surface area contributed by atoms with E-state index >= 15 is 0 Å². The van der Waals surface area contributed by atoms with E-state index in [1.165, 1.54) is 32.1 Å². The number of aliphatic hydroxyl groups excluding tert-OH is 1. The Kier molecular flexibility index (Phi) is 13.6. The van der Waals surface area contributed by atoms with E-state index in [9.17, 15) is 5.11 Å². The molecular weight excluding hydrogens is 300 g/mol. The minimum absolute atomic E-state index is 0. The molecule has 0 bridgehead atoms. The molecule has 1 atom stereocenters. The molecule has 0 aliphatic rings. The molecule has 0 aliphatic heterocycles. The smallest absolute Gasteiger partial charge is 0.401 e. The third kappa shape index (κ3) is 10.5. The van der Waals surface area contributed by atoms with Gasteiger partial charge in [-0.05, 0) is 6.42 Å². The summed E-state index contributed by atoms with van der Waals surface area (Å²) in [6, 6.07) is 18.0. The van der Waals surface area contributed by atoms with Gasteiger partial charge in [0.2, 0.25) is 0 Å². The number of hydrogen-bond acceptors (Lipinski definition) is 1. The summed E-state index contributed by atoms with van der Waals surface area (Å²) in [5.41, 5.74) is 1.07. The van der Waals surface area contributed by atoms with Gasteiger partial charge in [0.25, 0.3) is 0 Å². The van der Waals surface area contributed by atoms with Crippen LogP contribution in [0.4, 0.5) is 0 Å². The summed E-state index contributed by atoms with van der Waals surface area (Å²) in [6.45, 7) is 2.24. The Morgan fingerprint density at radius 1 is 0.905 bits per heavy atom.